The molecule has 2 aromatic carbocycles. The normalized spacial score (nSPS) is 13.5. The Hall–Kier alpha value is -2.21. The maximum absolute atomic E-state index is 13.8. The molecule has 0 amide bonds. The second kappa shape index (κ2) is 9.82. The molecule has 2 nitrogen and oxygen atoms in total. The van der Waals surface area contributed by atoms with Crippen molar-refractivity contribution >= 4 is 17.7 Å². The summed E-state index contributed by atoms with van der Waals surface area (Å²) in [6.07, 6.45) is -5.03. The molecule has 0 heterocycles. The highest BCUT2D eigenvalue weighted by atomic mass is 32.2. The molecule has 0 aromatic heterocycles. The average molecular weight is 408 g/mol. The highest BCUT2D eigenvalue weighted by molar-refractivity contribution is 8.00. The fraction of sp³-hybridized carbons (Fsp3) is 0.318. The van der Waals surface area contributed by atoms with Gasteiger partial charge in [-0.05, 0) is 51.5 Å². The second-order valence-electron chi connectivity index (χ2n) is 6.72. The standard InChI is InChI=1S/C22H23F3O2S/c1-15(2)9-14-19(28-18-12-10-16(3)11-13-18)20(22(23,24)25)27-21(26)17-7-5-4-6-8-17/h4-13,19-20H,14H2,1-3H3/t19-,20+/m1/s1. The molecule has 0 aliphatic rings. The van der Waals surface area contributed by atoms with Gasteiger partial charge in [-0.1, -0.05) is 47.5 Å². The van der Waals surface area contributed by atoms with Gasteiger partial charge >= 0.3 is 12.1 Å². The zero-order valence-electron chi connectivity index (χ0n) is 16.0. The quantitative estimate of drug-likeness (QED) is 0.293. The van der Waals surface area contributed by atoms with Crippen molar-refractivity contribution in [3.8, 4) is 0 Å². The van der Waals surface area contributed by atoms with Crippen molar-refractivity contribution < 1.29 is 22.7 Å². The van der Waals surface area contributed by atoms with Crippen LogP contribution in [0.5, 0.6) is 0 Å². The van der Waals surface area contributed by atoms with E-state index in [2.05, 4.69) is 0 Å². The minimum absolute atomic E-state index is 0.0954. The zero-order chi connectivity index (χ0) is 20.7. The van der Waals surface area contributed by atoms with Gasteiger partial charge in [-0.3, -0.25) is 0 Å². The van der Waals surface area contributed by atoms with Gasteiger partial charge in [-0.15, -0.1) is 11.8 Å². The van der Waals surface area contributed by atoms with Crippen LogP contribution in [-0.2, 0) is 4.74 Å². The number of allylic oxidation sites excluding steroid dienone is 2. The van der Waals surface area contributed by atoms with Crippen LogP contribution >= 0.6 is 11.8 Å². The molecule has 2 rings (SSSR count). The molecule has 28 heavy (non-hydrogen) atoms. The number of esters is 1. The lowest BCUT2D eigenvalue weighted by atomic mass is 10.1. The summed E-state index contributed by atoms with van der Waals surface area (Å²) in [7, 11) is 0. The monoisotopic (exact) mass is 408 g/mol. The Kier molecular flexibility index (Phi) is 7.75. The Balaban J connectivity index is 2.30. The molecule has 0 saturated carbocycles. The van der Waals surface area contributed by atoms with E-state index >= 15 is 0 Å². The topological polar surface area (TPSA) is 26.3 Å². The number of hydrogen-bond donors (Lipinski definition) is 0. The third-order valence-electron chi connectivity index (χ3n) is 3.97. The summed E-state index contributed by atoms with van der Waals surface area (Å²) in [5.74, 6) is -0.977. The third-order valence-corrected chi connectivity index (χ3v) is 5.26. The first kappa shape index (κ1) is 22.1. The van der Waals surface area contributed by atoms with E-state index in [1.165, 1.54) is 12.1 Å². The fourth-order valence-electron chi connectivity index (χ4n) is 2.49. The van der Waals surface area contributed by atoms with Crippen LogP contribution in [-0.4, -0.2) is 23.5 Å². The number of hydrogen-bond acceptors (Lipinski definition) is 3. The maximum atomic E-state index is 13.8. The lowest BCUT2D eigenvalue weighted by Crippen LogP contribution is -2.42. The van der Waals surface area contributed by atoms with E-state index < -0.39 is 23.5 Å². The molecule has 0 aliphatic heterocycles. The summed E-state index contributed by atoms with van der Waals surface area (Å²) < 4.78 is 46.5. The van der Waals surface area contributed by atoms with Crippen molar-refractivity contribution in [3.63, 3.8) is 0 Å². The van der Waals surface area contributed by atoms with Gasteiger partial charge in [0.1, 0.15) is 0 Å². The van der Waals surface area contributed by atoms with Gasteiger partial charge in [0.05, 0.1) is 10.8 Å². The van der Waals surface area contributed by atoms with E-state index in [0.717, 1.165) is 22.9 Å². The van der Waals surface area contributed by atoms with Crippen LogP contribution in [0.25, 0.3) is 0 Å². The zero-order valence-corrected chi connectivity index (χ0v) is 16.8. The number of halogens is 3. The molecule has 150 valence electrons. The average Bonchev–Trinajstić information content (AvgIpc) is 2.64. The molecule has 0 fully saturated rings. The van der Waals surface area contributed by atoms with Gasteiger partial charge in [0.25, 0.3) is 0 Å². The summed E-state index contributed by atoms with van der Waals surface area (Å²) >= 11 is 1.07. The Morgan fingerprint density at radius 3 is 2.21 bits per heavy atom. The van der Waals surface area contributed by atoms with Crippen LogP contribution in [0, 0.1) is 6.92 Å². The van der Waals surface area contributed by atoms with Gasteiger partial charge in [-0.25, -0.2) is 4.79 Å². The minimum Gasteiger partial charge on any atom is -0.448 e. The number of aryl methyl sites for hydroxylation is 1. The van der Waals surface area contributed by atoms with Gasteiger partial charge in [-0.2, -0.15) is 13.2 Å². The Morgan fingerprint density at radius 2 is 1.68 bits per heavy atom. The van der Waals surface area contributed by atoms with E-state index in [4.69, 9.17) is 4.74 Å². The number of rotatable bonds is 7. The highest BCUT2D eigenvalue weighted by Crippen LogP contribution is 2.37. The van der Waals surface area contributed by atoms with E-state index in [1.54, 1.807) is 36.4 Å². The number of alkyl halides is 3. The second-order valence-corrected chi connectivity index (χ2v) is 8.03. The molecular weight excluding hydrogens is 385 g/mol. The molecular formula is C22H23F3O2S. The first-order chi connectivity index (χ1) is 13.2. The largest absolute Gasteiger partial charge is 0.448 e. The summed E-state index contributed by atoms with van der Waals surface area (Å²) in [6.45, 7) is 5.56. The number of carbonyl (C=O) groups excluding carboxylic acids is 1. The Bertz CT molecular complexity index is 795. The SMILES string of the molecule is CC(C)=CC[C@@H](Sc1ccc(C)cc1)[C@H](OC(=O)c1ccccc1)C(F)(F)F. The first-order valence-corrected chi connectivity index (χ1v) is 9.74. The van der Waals surface area contributed by atoms with Gasteiger partial charge < -0.3 is 4.74 Å². The third kappa shape index (κ3) is 6.75. The van der Waals surface area contributed by atoms with Crippen LogP contribution in [0.1, 0.15) is 36.2 Å². The smallest absolute Gasteiger partial charge is 0.426 e. The summed E-state index contributed by atoms with van der Waals surface area (Å²) in [4.78, 5) is 13.0. The van der Waals surface area contributed by atoms with Crippen molar-refractivity contribution in [1.82, 2.24) is 0 Å². The minimum atomic E-state index is -4.68. The molecule has 0 bridgehead atoms. The summed E-state index contributed by atoms with van der Waals surface area (Å²) in [5.41, 5.74) is 2.02. The Morgan fingerprint density at radius 1 is 1.07 bits per heavy atom. The van der Waals surface area contributed by atoms with E-state index in [9.17, 15) is 18.0 Å². The number of benzene rings is 2. The van der Waals surface area contributed by atoms with Crippen LogP contribution in [0.15, 0.2) is 71.1 Å². The molecule has 0 N–H and O–H groups in total. The van der Waals surface area contributed by atoms with Crippen molar-refractivity contribution in [2.24, 2.45) is 0 Å². The fourth-order valence-corrected chi connectivity index (χ4v) is 3.66. The molecule has 0 saturated heterocycles. The van der Waals surface area contributed by atoms with Gasteiger partial charge in [0.2, 0.25) is 6.10 Å². The number of carbonyl (C=O) groups is 1. The molecule has 0 unspecified atom stereocenters. The molecule has 2 atom stereocenters. The van der Waals surface area contributed by atoms with Crippen LogP contribution in [0.2, 0.25) is 0 Å². The van der Waals surface area contributed by atoms with Crippen LogP contribution in [0.4, 0.5) is 13.2 Å². The van der Waals surface area contributed by atoms with Gasteiger partial charge in [0, 0.05) is 4.90 Å². The first-order valence-electron chi connectivity index (χ1n) is 8.86. The number of thioether (sulfide) groups is 1. The van der Waals surface area contributed by atoms with E-state index in [1.807, 2.05) is 32.9 Å². The van der Waals surface area contributed by atoms with Crippen LogP contribution < -0.4 is 0 Å². The molecule has 6 heteroatoms. The molecule has 0 spiro atoms. The van der Waals surface area contributed by atoms with E-state index in [0.29, 0.717) is 4.90 Å². The highest BCUT2D eigenvalue weighted by Gasteiger charge is 2.48. The summed E-state index contributed by atoms with van der Waals surface area (Å²) in [5, 5.41) is -0.995. The van der Waals surface area contributed by atoms with Crippen LogP contribution in [0.3, 0.4) is 0 Å². The Labute approximate surface area is 167 Å². The van der Waals surface area contributed by atoms with Crippen molar-refractivity contribution in [2.75, 3.05) is 0 Å². The molecule has 0 aliphatic carbocycles. The predicted octanol–water partition coefficient (Wildman–Crippen LogP) is 6.60. The van der Waals surface area contributed by atoms with E-state index in [-0.39, 0.29) is 12.0 Å². The van der Waals surface area contributed by atoms with Crippen molar-refractivity contribution in [3.05, 3.63) is 77.4 Å². The molecule has 2 aromatic rings. The lowest BCUT2D eigenvalue weighted by molar-refractivity contribution is -0.203. The van der Waals surface area contributed by atoms with Gasteiger partial charge in [0.15, 0.2) is 0 Å². The predicted molar refractivity (Wildman–Crippen MR) is 107 cm³/mol. The summed E-state index contributed by atoms with van der Waals surface area (Å²) in [6, 6.07) is 15.0. The lowest BCUT2D eigenvalue weighted by Gasteiger charge is -2.28. The van der Waals surface area contributed by atoms with Crippen molar-refractivity contribution in [2.45, 2.75) is 49.6 Å². The molecule has 0 radical (unpaired) electrons. The maximum Gasteiger partial charge on any atom is 0.426 e. The van der Waals surface area contributed by atoms with Crippen molar-refractivity contribution in [1.29, 1.82) is 0 Å². The number of ether oxygens (including phenoxy) is 1.